The van der Waals surface area contributed by atoms with Crippen molar-refractivity contribution in [1.82, 2.24) is 5.43 Å². The third-order valence-electron chi connectivity index (χ3n) is 2.47. The summed E-state index contributed by atoms with van der Waals surface area (Å²) in [7, 11) is 1.58. The molecule has 0 bridgehead atoms. The van der Waals surface area contributed by atoms with E-state index in [9.17, 15) is 4.79 Å². The van der Waals surface area contributed by atoms with Crippen LogP contribution in [0.4, 0.5) is 0 Å². The zero-order valence-corrected chi connectivity index (χ0v) is 15.3. The summed E-state index contributed by atoms with van der Waals surface area (Å²) in [5.41, 5.74) is 2.36. The first-order chi connectivity index (χ1) is 10.6. The Morgan fingerprint density at radius 3 is 2.91 bits per heavy atom. The molecule has 2 rings (SSSR count). The second kappa shape index (κ2) is 8.18. The van der Waals surface area contributed by atoms with Gasteiger partial charge in [0.15, 0.2) is 10.4 Å². The number of nitrogens with zero attached hydrogens (tertiary/aromatic N) is 1. The Morgan fingerprint density at radius 2 is 2.27 bits per heavy atom. The minimum atomic E-state index is -0.375. The Balaban J connectivity index is 1.81. The first-order valence-corrected chi connectivity index (χ1v) is 7.99. The van der Waals surface area contributed by atoms with Crippen LogP contribution in [-0.2, 0) is 4.79 Å². The molecule has 1 aromatic carbocycles. The van der Waals surface area contributed by atoms with Gasteiger partial charge in [-0.2, -0.15) is 5.10 Å². The molecule has 1 N–H and O–H groups in total. The van der Waals surface area contributed by atoms with Crippen molar-refractivity contribution in [3.8, 4) is 11.5 Å². The van der Waals surface area contributed by atoms with Gasteiger partial charge in [-0.15, -0.1) is 0 Å². The number of furan rings is 1. The van der Waals surface area contributed by atoms with Crippen molar-refractivity contribution in [3.63, 3.8) is 0 Å². The number of nitrogens with one attached hydrogen (secondary N) is 1. The van der Waals surface area contributed by atoms with Gasteiger partial charge in [0.05, 0.1) is 17.8 Å². The van der Waals surface area contributed by atoms with Gasteiger partial charge in [-0.05, 0) is 68.9 Å². The molecule has 0 aliphatic heterocycles. The molecule has 0 fully saturated rings. The van der Waals surface area contributed by atoms with E-state index in [0.717, 1.165) is 3.77 Å². The van der Waals surface area contributed by atoms with E-state index < -0.39 is 0 Å². The number of methoxy groups -OCH3 is 1. The van der Waals surface area contributed by atoms with Crippen LogP contribution in [0.25, 0.3) is 0 Å². The van der Waals surface area contributed by atoms with Crippen molar-refractivity contribution in [2.24, 2.45) is 5.10 Å². The fraction of sp³-hybridized carbons (Fsp3) is 0.143. The summed E-state index contributed by atoms with van der Waals surface area (Å²) in [5, 5.41) is 3.78. The molecule has 6 nitrogen and oxygen atoms in total. The zero-order chi connectivity index (χ0) is 15.9. The van der Waals surface area contributed by atoms with Crippen molar-refractivity contribution < 1.29 is 18.7 Å². The number of amides is 1. The largest absolute Gasteiger partial charge is 0.497 e. The van der Waals surface area contributed by atoms with E-state index in [-0.39, 0.29) is 12.5 Å². The highest BCUT2D eigenvalue weighted by Gasteiger charge is 2.06. The quantitative estimate of drug-likeness (QED) is 0.393. The monoisotopic (exact) mass is 478 g/mol. The van der Waals surface area contributed by atoms with Crippen LogP contribution in [0.5, 0.6) is 11.5 Å². The molecular formula is C14H12BrIN2O4. The van der Waals surface area contributed by atoms with Crippen LogP contribution in [0, 0.1) is 3.77 Å². The molecule has 2 aromatic rings. The Labute approximate surface area is 149 Å². The summed E-state index contributed by atoms with van der Waals surface area (Å²) in [6.07, 6.45) is 1.42. The number of hydrogen-bond acceptors (Lipinski definition) is 5. The summed E-state index contributed by atoms with van der Waals surface area (Å²) in [6, 6.07) is 8.76. The second-order valence-electron chi connectivity index (χ2n) is 4.02. The lowest BCUT2D eigenvalue weighted by atomic mass is 10.3. The summed E-state index contributed by atoms with van der Waals surface area (Å²) in [6.45, 7) is -0.155. The number of hydrazone groups is 1. The minimum absolute atomic E-state index is 0.155. The number of rotatable bonds is 6. The van der Waals surface area contributed by atoms with Crippen molar-refractivity contribution in [1.29, 1.82) is 0 Å². The first kappa shape index (κ1) is 16.8. The van der Waals surface area contributed by atoms with Crippen molar-refractivity contribution in [3.05, 3.63) is 44.3 Å². The Morgan fingerprint density at radius 1 is 1.45 bits per heavy atom. The van der Waals surface area contributed by atoms with Gasteiger partial charge in [0.1, 0.15) is 17.3 Å². The lowest BCUT2D eigenvalue weighted by molar-refractivity contribution is -0.123. The van der Waals surface area contributed by atoms with E-state index in [1.165, 1.54) is 6.21 Å². The molecule has 0 atom stereocenters. The number of ether oxygens (including phenoxy) is 2. The topological polar surface area (TPSA) is 73.1 Å². The maximum atomic E-state index is 11.6. The van der Waals surface area contributed by atoms with Crippen LogP contribution in [0.3, 0.4) is 0 Å². The minimum Gasteiger partial charge on any atom is -0.497 e. The van der Waals surface area contributed by atoms with Crippen LogP contribution < -0.4 is 14.9 Å². The highest BCUT2D eigenvalue weighted by atomic mass is 127. The van der Waals surface area contributed by atoms with Gasteiger partial charge in [-0.1, -0.05) is 0 Å². The maximum absolute atomic E-state index is 11.6. The summed E-state index contributed by atoms with van der Waals surface area (Å²) in [4.78, 5) is 11.6. The molecule has 0 radical (unpaired) electrons. The molecule has 0 saturated heterocycles. The van der Waals surface area contributed by atoms with Gasteiger partial charge in [0, 0.05) is 0 Å². The number of benzene rings is 1. The molecule has 0 unspecified atom stereocenters. The van der Waals surface area contributed by atoms with Crippen LogP contribution >= 0.6 is 38.5 Å². The Kier molecular flexibility index (Phi) is 6.25. The first-order valence-electron chi connectivity index (χ1n) is 6.12. The van der Waals surface area contributed by atoms with E-state index in [1.807, 2.05) is 22.6 Å². The third-order valence-corrected chi connectivity index (χ3v) is 3.67. The fourth-order valence-corrected chi connectivity index (χ4v) is 2.37. The van der Waals surface area contributed by atoms with Crippen molar-refractivity contribution >= 4 is 50.6 Å². The molecule has 1 amide bonds. The second-order valence-corrected chi connectivity index (χ2v) is 5.94. The highest BCUT2D eigenvalue weighted by Crippen LogP contribution is 2.28. The number of hydrogen-bond donors (Lipinski definition) is 1. The molecule has 0 aliphatic carbocycles. The molecule has 0 aliphatic rings. The summed E-state index contributed by atoms with van der Waals surface area (Å²) >= 11 is 5.39. The standard InChI is InChI=1S/C14H12BrIN2O4/c1-20-9-2-4-12(11(15)6-9)21-8-14(19)18-17-7-10-3-5-13(16)22-10/h2-7H,8H2,1H3,(H,18,19)/b17-7+. The fourth-order valence-electron chi connectivity index (χ4n) is 1.47. The highest BCUT2D eigenvalue weighted by molar-refractivity contribution is 14.1. The Hall–Kier alpha value is -1.55. The molecule has 22 heavy (non-hydrogen) atoms. The van der Waals surface area contributed by atoms with Gasteiger partial charge in [-0.25, -0.2) is 5.43 Å². The van der Waals surface area contributed by atoms with Gasteiger partial charge >= 0.3 is 0 Å². The van der Waals surface area contributed by atoms with E-state index >= 15 is 0 Å². The average Bonchev–Trinajstić information content (AvgIpc) is 2.91. The Bertz CT molecular complexity index is 687. The molecule has 8 heteroatoms. The smallest absolute Gasteiger partial charge is 0.277 e. The van der Waals surface area contributed by atoms with Gasteiger partial charge < -0.3 is 13.9 Å². The summed E-state index contributed by atoms with van der Waals surface area (Å²) in [5.74, 6) is 1.42. The molecular weight excluding hydrogens is 467 g/mol. The van der Waals surface area contributed by atoms with Crippen LogP contribution in [0.2, 0.25) is 0 Å². The zero-order valence-electron chi connectivity index (χ0n) is 11.5. The maximum Gasteiger partial charge on any atom is 0.277 e. The summed E-state index contributed by atoms with van der Waals surface area (Å²) < 4.78 is 17.2. The predicted octanol–water partition coefficient (Wildman–Crippen LogP) is 3.18. The lowest BCUT2D eigenvalue weighted by Crippen LogP contribution is -2.24. The van der Waals surface area contributed by atoms with E-state index in [2.05, 4.69) is 26.5 Å². The molecule has 0 spiro atoms. The van der Waals surface area contributed by atoms with Crippen LogP contribution in [-0.4, -0.2) is 25.8 Å². The number of carbonyl (C=O) groups is 1. The SMILES string of the molecule is COc1ccc(OCC(=O)N/N=C/c2ccc(I)o2)c(Br)c1. The lowest BCUT2D eigenvalue weighted by Gasteiger charge is -2.08. The van der Waals surface area contributed by atoms with Crippen molar-refractivity contribution in [2.75, 3.05) is 13.7 Å². The van der Waals surface area contributed by atoms with Crippen LogP contribution in [0.1, 0.15) is 5.76 Å². The molecule has 0 saturated carbocycles. The van der Waals surface area contributed by atoms with E-state index in [1.54, 1.807) is 37.4 Å². The normalized spacial score (nSPS) is 10.7. The number of halogens is 2. The van der Waals surface area contributed by atoms with E-state index in [4.69, 9.17) is 13.9 Å². The third kappa shape index (κ3) is 5.02. The predicted molar refractivity (Wildman–Crippen MR) is 93.4 cm³/mol. The molecule has 1 heterocycles. The van der Waals surface area contributed by atoms with E-state index in [0.29, 0.717) is 21.7 Å². The number of carbonyl (C=O) groups excluding carboxylic acids is 1. The van der Waals surface area contributed by atoms with Gasteiger partial charge in [0.2, 0.25) is 0 Å². The molecule has 116 valence electrons. The molecule has 1 aromatic heterocycles. The van der Waals surface area contributed by atoms with Crippen LogP contribution in [0.15, 0.2) is 44.3 Å². The average molecular weight is 479 g/mol. The van der Waals surface area contributed by atoms with Gasteiger partial charge in [0.25, 0.3) is 5.91 Å². The van der Waals surface area contributed by atoms with Crippen molar-refractivity contribution in [2.45, 2.75) is 0 Å². The van der Waals surface area contributed by atoms with Gasteiger partial charge in [-0.3, -0.25) is 4.79 Å².